The summed E-state index contributed by atoms with van der Waals surface area (Å²) >= 11 is 0. The van der Waals surface area contributed by atoms with Gasteiger partial charge in [-0.1, -0.05) is 12.1 Å². The SMILES string of the molecule is Cc1ccc(C(=O)O)cc1S(=O)(=O)N1CCN(Cc2ccc3c(c2)OCO3)CC1. The van der Waals surface area contributed by atoms with Gasteiger partial charge in [0.2, 0.25) is 16.8 Å². The number of hydrogen-bond acceptors (Lipinski definition) is 6. The van der Waals surface area contributed by atoms with Gasteiger partial charge in [0.1, 0.15) is 0 Å². The Morgan fingerprint density at radius 2 is 1.76 bits per heavy atom. The molecule has 1 saturated heterocycles. The van der Waals surface area contributed by atoms with Crippen LogP contribution in [0.25, 0.3) is 0 Å². The molecule has 2 heterocycles. The summed E-state index contributed by atoms with van der Waals surface area (Å²) < 4.78 is 38.3. The Kier molecular flexibility index (Phi) is 5.20. The number of carbonyl (C=O) groups is 1. The number of fused-ring (bicyclic) bond motifs is 1. The first kappa shape index (κ1) is 19.7. The molecule has 0 unspecified atom stereocenters. The third-order valence-electron chi connectivity index (χ3n) is 5.23. The van der Waals surface area contributed by atoms with Crippen LogP contribution in [0.3, 0.4) is 0 Å². The van der Waals surface area contributed by atoms with Crippen LogP contribution in [0, 0.1) is 6.92 Å². The number of hydrogen-bond donors (Lipinski definition) is 1. The van der Waals surface area contributed by atoms with E-state index >= 15 is 0 Å². The first-order valence-corrected chi connectivity index (χ1v) is 10.7. The second-order valence-electron chi connectivity index (χ2n) is 7.15. The van der Waals surface area contributed by atoms with Gasteiger partial charge in [-0.05, 0) is 42.3 Å². The summed E-state index contributed by atoms with van der Waals surface area (Å²) in [6.45, 7) is 4.48. The number of aromatic carboxylic acids is 1. The van der Waals surface area contributed by atoms with Crippen molar-refractivity contribution in [2.24, 2.45) is 0 Å². The number of carboxylic acid groups (broad SMARTS) is 1. The van der Waals surface area contributed by atoms with E-state index in [1.807, 2.05) is 18.2 Å². The van der Waals surface area contributed by atoms with Crippen molar-refractivity contribution in [2.75, 3.05) is 33.0 Å². The molecule has 2 aromatic carbocycles. The van der Waals surface area contributed by atoms with Gasteiger partial charge in [-0.25, -0.2) is 13.2 Å². The van der Waals surface area contributed by atoms with Crippen LogP contribution in [0.5, 0.6) is 11.5 Å². The number of carboxylic acids is 1. The summed E-state index contributed by atoms with van der Waals surface area (Å²) in [4.78, 5) is 13.5. The molecule has 0 spiro atoms. The molecule has 0 saturated carbocycles. The van der Waals surface area contributed by atoms with E-state index in [4.69, 9.17) is 9.47 Å². The van der Waals surface area contributed by atoms with Gasteiger partial charge in [-0.3, -0.25) is 4.90 Å². The van der Waals surface area contributed by atoms with E-state index in [0.29, 0.717) is 38.3 Å². The molecule has 0 aromatic heterocycles. The van der Waals surface area contributed by atoms with Gasteiger partial charge < -0.3 is 14.6 Å². The summed E-state index contributed by atoms with van der Waals surface area (Å²) in [6.07, 6.45) is 0. The van der Waals surface area contributed by atoms with Crippen LogP contribution in [-0.4, -0.2) is 61.7 Å². The van der Waals surface area contributed by atoms with Gasteiger partial charge in [0.05, 0.1) is 10.5 Å². The van der Waals surface area contributed by atoms with Gasteiger partial charge in [0, 0.05) is 32.7 Å². The van der Waals surface area contributed by atoms with Crippen molar-refractivity contribution in [2.45, 2.75) is 18.4 Å². The first-order chi connectivity index (χ1) is 13.8. The molecule has 2 aliphatic heterocycles. The van der Waals surface area contributed by atoms with Crippen molar-refractivity contribution in [1.82, 2.24) is 9.21 Å². The Labute approximate surface area is 169 Å². The van der Waals surface area contributed by atoms with Crippen LogP contribution < -0.4 is 9.47 Å². The number of benzene rings is 2. The highest BCUT2D eigenvalue weighted by molar-refractivity contribution is 7.89. The Balaban J connectivity index is 1.44. The monoisotopic (exact) mass is 418 g/mol. The Bertz CT molecular complexity index is 1040. The molecule has 0 radical (unpaired) electrons. The fourth-order valence-electron chi connectivity index (χ4n) is 3.58. The van der Waals surface area contributed by atoms with E-state index in [1.165, 1.54) is 22.5 Å². The van der Waals surface area contributed by atoms with Crippen LogP contribution in [0.15, 0.2) is 41.3 Å². The summed E-state index contributed by atoms with van der Waals surface area (Å²) in [7, 11) is -3.75. The minimum absolute atomic E-state index is 0.0318. The molecule has 2 aromatic rings. The van der Waals surface area contributed by atoms with Crippen molar-refractivity contribution < 1.29 is 27.8 Å². The van der Waals surface area contributed by atoms with Gasteiger partial charge in [-0.2, -0.15) is 4.31 Å². The third-order valence-corrected chi connectivity index (χ3v) is 7.27. The van der Waals surface area contributed by atoms with Gasteiger partial charge in [0.25, 0.3) is 0 Å². The molecule has 2 aliphatic rings. The van der Waals surface area contributed by atoms with Crippen molar-refractivity contribution >= 4 is 16.0 Å². The largest absolute Gasteiger partial charge is 0.478 e. The van der Waals surface area contributed by atoms with Crippen molar-refractivity contribution in [3.63, 3.8) is 0 Å². The van der Waals surface area contributed by atoms with Gasteiger partial charge in [-0.15, -0.1) is 0 Å². The van der Waals surface area contributed by atoms with E-state index < -0.39 is 16.0 Å². The number of sulfonamides is 1. The lowest BCUT2D eigenvalue weighted by atomic mass is 10.1. The molecule has 0 atom stereocenters. The molecule has 0 aliphatic carbocycles. The van der Waals surface area contributed by atoms with E-state index in [-0.39, 0.29) is 17.3 Å². The summed E-state index contributed by atoms with van der Waals surface area (Å²) in [6, 6.07) is 10.0. The molecule has 0 bridgehead atoms. The lowest BCUT2D eigenvalue weighted by Gasteiger charge is -2.34. The quantitative estimate of drug-likeness (QED) is 0.792. The molecule has 29 heavy (non-hydrogen) atoms. The van der Waals surface area contributed by atoms with Crippen LogP contribution in [0.1, 0.15) is 21.5 Å². The predicted molar refractivity (Wildman–Crippen MR) is 105 cm³/mol. The van der Waals surface area contributed by atoms with Crippen molar-refractivity contribution in [1.29, 1.82) is 0 Å². The second kappa shape index (κ2) is 7.66. The topological polar surface area (TPSA) is 96.4 Å². The fraction of sp³-hybridized carbons (Fsp3) is 0.350. The fourth-order valence-corrected chi connectivity index (χ4v) is 5.25. The van der Waals surface area contributed by atoms with Crippen LogP contribution >= 0.6 is 0 Å². The average molecular weight is 418 g/mol. The minimum Gasteiger partial charge on any atom is -0.478 e. The normalized spacial score (nSPS) is 17.4. The lowest BCUT2D eigenvalue weighted by molar-refractivity contribution is 0.0696. The highest BCUT2D eigenvalue weighted by atomic mass is 32.2. The zero-order valence-corrected chi connectivity index (χ0v) is 16.8. The molecule has 8 nitrogen and oxygen atoms in total. The maximum absolute atomic E-state index is 13.1. The molecular weight excluding hydrogens is 396 g/mol. The second-order valence-corrected chi connectivity index (χ2v) is 9.06. The summed E-state index contributed by atoms with van der Waals surface area (Å²) in [5.41, 5.74) is 1.59. The Hall–Kier alpha value is -2.62. The number of rotatable bonds is 5. The number of ether oxygens (including phenoxy) is 2. The molecule has 9 heteroatoms. The van der Waals surface area contributed by atoms with E-state index in [1.54, 1.807) is 6.92 Å². The standard InChI is InChI=1S/C20H22N2O6S/c1-14-2-4-16(20(23)24)11-19(14)29(25,26)22-8-6-21(7-9-22)12-15-3-5-17-18(10-15)28-13-27-17/h2-5,10-11H,6-9,12-13H2,1H3,(H,23,24). The first-order valence-electron chi connectivity index (χ1n) is 9.29. The Morgan fingerprint density at radius 3 is 2.48 bits per heavy atom. The van der Waals surface area contributed by atoms with E-state index in [9.17, 15) is 18.3 Å². The molecule has 0 amide bonds. The smallest absolute Gasteiger partial charge is 0.335 e. The lowest BCUT2D eigenvalue weighted by Crippen LogP contribution is -2.48. The maximum atomic E-state index is 13.1. The highest BCUT2D eigenvalue weighted by Gasteiger charge is 2.30. The van der Waals surface area contributed by atoms with E-state index in [0.717, 1.165) is 17.1 Å². The Morgan fingerprint density at radius 1 is 1.03 bits per heavy atom. The number of nitrogens with zero attached hydrogens (tertiary/aromatic N) is 2. The maximum Gasteiger partial charge on any atom is 0.335 e. The highest BCUT2D eigenvalue weighted by Crippen LogP contribution is 2.33. The molecular formula is C20H22N2O6S. The van der Waals surface area contributed by atoms with Gasteiger partial charge in [0.15, 0.2) is 11.5 Å². The average Bonchev–Trinajstić information content (AvgIpc) is 3.16. The predicted octanol–water partition coefficient (Wildman–Crippen LogP) is 1.93. The molecule has 4 rings (SSSR count). The van der Waals surface area contributed by atoms with Crippen LogP contribution in [0.2, 0.25) is 0 Å². The number of piperazine rings is 1. The van der Waals surface area contributed by atoms with E-state index in [2.05, 4.69) is 4.90 Å². The van der Waals surface area contributed by atoms with Crippen molar-refractivity contribution in [3.8, 4) is 11.5 Å². The molecule has 154 valence electrons. The number of aryl methyl sites for hydroxylation is 1. The molecule has 1 N–H and O–H groups in total. The third kappa shape index (κ3) is 3.93. The van der Waals surface area contributed by atoms with Crippen molar-refractivity contribution in [3.05, 3.63) is 53.1 Å². The summed E-state index contributed by atoms with van der Waals surface area (Å²) in [5.74, 6) is 0.330. The minimum atomic E-state index is -3.75. The molecule has 1 fully saturated rings. The van der Waals surface area contributed by atoms with Gasteiger partial charge >= 0.3 is 5.97 Å². The van der Waals surface area contributed by atoms with Crippen LogP contribution in [0.4, 0.5) is 0 Å². The summed E-state index contributed by atoms with van der Waals surface area (Å²) in [5, 5.41) is 9.18. The van der Waals surface area contributed by atoms with Crippen LogP contribution in [-0.2, 0) is 16.6 Å². The zero-order chi connectivity index (χ0) is 20.6. The zero-order valence-electron chi connectivity index (χ0n) is 16.0.